The van der Waals surface area contributed by atoms with Crippen LogP contribution in [0.1, 0.15) is 172 Å². The largest absolute Gasteiger partial charge is 0.0651 e. The summed E-state index contributed by atoms with van der Waals surface area (Å²) in [5, 5.41) is 0. The molecule has 0 aromatic carbocycles. The van der Waals surface area contributed by atoms with E-state index in [9.17, 15) is 0 Å². The molecule has 0 amide bonds. The fourth-order valence-corrected chi connectivity index (χ4v) is 7.80. The molecule has 0 spiro atoms. The number of unbranched alkanes of at least 4 members (excludes halogenated alkanes) is 2. The Balaban J connectivity index is 2.62. The molecule has 0 N–H and O–H groups in total. The topological polar surface area (TPSA) is 0 Å². The van der Waals surface area contributed by atoms with Gasteiger partial charge in [0, 0.05) is 0 Å². The molecule has 0 aromatic rings. The van der Waals surface area contributed by atoms with Gasteiger partial charge in [0.1, 0.15) is 0 Å². The highest BCUT2D eigenvalue weighted by Crippen LogP contribution is 2.53. The molecule has 210 valence electrons. The van der Waals surface area contributed by atoms with Gasteiger partial charge in [0.25, 0.3) is 0 Å². The van der Waals surface area contributed by atoms with Crippen LogP contribution in [0, 0.1) is 52.8 Å². The lowest BCUT2D eigenvalue weighted by molar-refractivity contribution is -0.00591. The molecule has 0 radical (unpaired) electrons. The first-order valence-corrected chi connectivity index (χ1v) is 16.6. The molecule has 0 heterocycles. The lowest BCUT2D eigenvalue weighted by Crippen LogP contribution is -2.41. The minimum Gasteiger partial charge on any atom is -0.0651 e. The Morgan fingerprint density at radius 1 is 0.686 bits per heavy atom. The van der Waals surface area contributed by atoms with Crippen LogP contribution in [0.4, 0.5) is 0 Å². The minimum atomic E-state index is 0.611. The van der Waals surface area contributed by atoms with E-state index in [2.05, 4.69) is 69.2 Å². The molecule has 0 heteroatoms. The fourth-order valence-electron chi connectivity index (χ4n) is 7.80. The van der Waals surface area contributed by atoms with Gasteiger partial charge in [-0.1, -0.05) is 146 Å². The maximum absolute atomic E-state index is 2.56. The van der Waals surface area contributed by atoms with Crippen molar-refractivity contribution in [3.05, 3.63) is 0 Å². The van der Waals surface area contributed by atoms with Crippen LogP contribution in [0.15, 0.2) is 0 Å². The van der Waals surface area contributed by atoms with Crippen LogP contribution in [0.2, 0.25) is 0 Å². The second kappa shape index (κ2) is 17.5. The molecule has 1 saturated carbocycles. The Labute approximate surface area is 224 Å². The Bertz CT molecular complexity index is 498. The predicted molar refractivity (Wildman–Crippen MR) is 161 cm³/mol. The van der Waals surface area contributed by atoms with E-state index in [-0.39, 0.29) is 0 Å². The number of hydrogen-bond donors (Lipinski definition) is 0. The summed E-state index contributed by atoms with van der Waals surface area (Å²) in [6.07, 6.45) is 23.2. The van der Waals surface area contributed by atoms with Crippen molar-refractivity contribution in [3.8, 4) is 0 Å². The van der Waals surface area contributed by atoms with Crippen molar-refractivity contribution in [2.24, 2.45) is 52.8 Å². The van der Waals surface area contributed by atoms with Crippen molar-refractivity contribution >= 4 is 0 Å². The van der Waals surface area contributed by atoms with Crippen molar-refractivity contribution in [2.45, 2.75) is 172 Å². The summed E-state index contributed by atoms with van der Waals surface area (Å²) in [6, 6.07) is 0. The van der Waals surface area contributed by atoms with Crippen LogP contribution in [0.3, 0.4) is 0 Å². The van der Waals surface area contributed by atoms with Crippen molar-refractivity contribution in [3.63, 3.8) is 0 Å². The highest BCUT2D eigenvalue weighted by atomic mass is 14.5. The van der Waals surface area contributed by atoms with Crippen molar-refractivity contribution in [1.29, 1.82) is 0 Å². The SMILES string of the molecule is CCC(CC(C)C)C(C)CCC(C)CCCC(C1CCC1C)C(CC)(CC)CCCCCC(C)C. The van der Waals surface area contributed by atoms with Crippen LogP contribution < -0.4 is 0 Å². The summed E-state index contributed by atoms with van der Waals surface area (Å²) in [4.78, 5) is 0. The zero-order chi connectivity index (χ0) is 26.4. The number of rotatable bonds is 21. The van der Waals surface area contributed by atoms with E-state index in [4.69, 9.17) is 0 Å². The predicted octanol–water partition coefficient (Wildman–Crippen LogP) is 12.4. The quantitative estimate of drug-likeness (QED) is 0.140. The van der Waals surface area contributed by atoms with E-state index < -0.39 is 0 Å². The first-order valence-electron chi connectivity index (χ1n) is 16.6. The number of hydrogen-bond acceptors (Lipinski definition) is 0. The Kier molecular flexibility index (Phi) is 16.5. The summed E-state index contributed by atoms with van der Waals surface area (Å²) in [7, 11) is 0. The van der Waals surface area contributed by atoms with Gasteiger partial charge in [-0.15, -0.1) is 0 Å². The minimum absolute atomic E-state index is 0.611. The normalized spacial score (nSPS) is 22.3. The highest BCUT2D eigenvalue weighted by Gasteiger charge is 2.44. The first-order chi connectivity index (χ1) is 16.6. The van der Waals surface area contributed by atoms with Crippen molar-refractivity contribution < 1.29 is 0 Å². The van der Waals surface area contributed by atoms with E-state index in [1.165, 1.54) is 103 Å². The molecular weight excluding hydrogens is 420 g/mol. The lowest BCUT2D eigenvalue weighted by Gasteiger charge is -2.50. The summed E-state index contributed by atoms with van der Waals surface area (Å²) < 4.78 is 0. The van der Waals surface area contributed by atoms with Gasteiger partial charge in [-0.05, 0) is 78.4 Å². The van der Waals surface area contributed by atoms with Gasteiger partial charge in [0.2, 0.25) is 0 Å². The molecular formula is C35H70. The molecule has 1 aliphatic rings. The fraction of sp³-hybridized carbons (Fsp3) is 1.00. The average Bonchev–Trinajstić information content (AvgIpc) is 2.81. The Morgan fingerprint density at radius 3 is 1.86 bits per heavy atom. The van der Waals surface area contributed by atoms with Gasteiger partial charge in [-0.3, -0.25) is 0 Å². The van der Waals surface area contributed by atoms with Gasteiger partial charge >= 0.3 is 0 Å². The second-order valence-electron chi connectivity index (χ2n) is 14.3. The average molecular weight is 491 g/mol. The van der Waals surface area contributed by atoms with Gasteiger partial charge in [-0.2, -0.15) is 0 Å². The maximum Gasteiger partial charge on any atom is -0.0272 e. The second-order valence-corrected chi connectivity index (χ2v) is 14.3. The molecule has 6 atom stereocenters. The monoisotopic (exact) mass is 491 g/mol. The zero-order valence-corrected chi connectivity index (χ0v) is 26.4. The van der Waals surface area contributed by atoms with Gasteiger partial charge in [0.05, 0.1) is 0 Å². The van der Waals surface area contributed by atoms with Crippen LogP contribution in [-0.4, -0.2) is 0 Å². The Hall–Kier alpha value is 0. The van der Waals surface area contributed by atoms with E-state index in [0.717, 1.165) is 47.3 Å². The summed E-state index contributed by atoms with van der Waals surface area (Å²) in [6.45, 7) is 24.7. The lowest BCUT2D eigenvalue weighted by atomic mass is 9.55. The molecule has 1 rings (SSSR count). The molecule has 0 aliphatic heterocycles. The summed E-state index contributed by atoms with van der Waals surface area (Å²) >= 11 is 0. The van der Waals surface area contributed by atoms with E-state index >= 15 is 0 Å². The molecule has 1 fully saturated rings. The summed E-state index contributed by atoms with van der Waals surface area (Å²) in [5.74, 6) is 7.42. The van der Waals surface area contributed by atoms with Gasteiger partial charge in [0.15, 0.2) is 0 Å². The standard InChI is InChI=1S/C35H70/c1-11-32(26-28(6)7)30(9)22-21-29(8)19-17-20-34(33-24-23-31(33)10)35(12-2,13-3)25-16-14-15-18-27(4)5/h27-34H,11-26H2,1-10H3. The van der Waals surface area contributed by atoms with E-state index in [0.29, 0.717) is 5.41 Å². The molecule has 6 unspecified atom stereocenters. The zero-order valence-electron chi connectivity index (χ0n) is 26.4. The van der Waals surface area contributed by atoms with Crippen LogP contribution in [0.5, 0.6) is 0 Å². The Morgan fingerprint density at radius 2 is 1.37 bits per heavy atom. The van der Waals surface area contributed by atoms with Gasteiger partial charge < -0.3 is 0 Å². The van der Waals surface area contributed by atoms with E-state index in [1.54, 1.807) is 0 Å². The molecule has 1 aliphatic carbocycles. The third-order valence-corrected chi connectivity index (χ3v) is 10.8. The third-order valence-electron chi connectivity index (χ3n) is 10.8. The van der Waals surface area contributed by atoms with Crippen molar-refractivity contribution in [1.82, 2.24) is 0 Å². The third kappa shape index (κ3) is 11.5. The molecule has 0 saturated heterocycles. The smallest absolute Gasteiger partial charge is 0.0272 e. The van der Waals surface area contributed by atoms with Crippen LogP contribution in [0.25, 0.3) is 0 Å². The first kappa shape index (κ1) is 33.0. The molecule has 0 nitrogen and oxygen atoms in total. The molecule has 35 heavy (non-hydrogen) atoms. The van der Waals surface area contributed by atoms with Crippen molar-refractivity contribution in [2.75, 3.05) is 0 Å². The van der Waals surface area contributed by atoms with Crippen LogP contribution >= 0.6 is 0 Å². The van der Waals surface area contributed by atoms with Crippen LogP contribution in [-0.2, 0) is 0 Å². The van der Waals surface area contributed by atoms with Gasteiger partial charge in [-0.25, -0.2) is 0 Å². The summed E-state index contributed by atoms with van der Waals surface area (Å²) in [5.41, 5.74) is 0.611. The maximum atomic E-state index is 2.56. The molecule has 0 aromatic heterocycles. The highest BCUT2D eigenvalue weighted by molar-refractivity contribution is 4.94. The van der Waals surface area contributed by atoms with E-state index in [1.807, 2.05) is 0 Å². The molecule has 0 bridgehead atoms.